The fourth-order valence-electron chi connectivity index (χ4n) is 0.785. The summed E-state index contributed by atoms with van der Waals surface area (Å²) in [6.07, 6.45) is 0.933. The van der Waals surface area contributed by atoms with E-state index in [-0.39, 0.29) is 12.5 Å². The molecule has 1 N–H and O–H groups in total. The van der Waals surface area contributed by atoms with Crippen molar-refractivity contribution < 1.29 is 19.6 Å². The van der Waals surface area contributed by atoms with E-state index in [2.05, 4.69) is 4.89 Å². The zero-order valence-corrected chi connectivity index (χ0v) is 8.49. The number of aliphatic hydroxyl groups excluding tert-OH is 1. The van der Waals surface area contributed by atoms with Crippen molar-refractivity contribution in [3.63, 3.8) is 0 Å². The predicted molar refractivity (Wildman–Crippen MR) is 49.3 cm³/mol. The maximum atomic E-state index is 8.83. The normalized spacial score (nSPS) is 13.2. The molecule has 0 rings (SSSR count). The largest absolute Gasteiger partial charge is 0.396 e. The Labute approximate surface area is 79.7 Å². The Morgan fingerprint density at radius 3 is 2.46 bits per heavy atom. The second-order valence-corrected chi connectivity index (χ2v) is 2.76. The van der Waals surface area contributed by atoms with Gasteiger partial charge in [0.25, 0.3) is 0 Å². The Morgan fingerprint density at radius 2 is 1.92 bits per heavy atom. The summed E-state index contributed by atoms with van der Waals surface area (Å²) >= 11 is 0. The van der Waals surface area contributed by atoms with E-state index in [1.165, 1.54) is 0 Å². The molecule has 80 valence electrons. The number of ether oxygens (including phenoxy) is 1. The molecule has 0 spiro atoms. The topological polar surface area (TPSA) is 47.9 Å². The lowest BCUT2D eigenvalue weighted by molar-refractivity contribution is -0.296. The summed E-state index contributed by atoms with van der Waals surface area (Å²) in [6.45, 7) is 6.16. The fraction of sp³-hybridized carbons (Fsp3) is 1.00. The molecule has 0 aromatic rings. The van der Waals surface area contributed by atoms with E-state index in [0.717, 1.165) is 6.42 Å². The van der Waals surface area contributed by atoms with Crippen molar-refractivity contribution >= 4 is 0 Å². The van der Waals surface area contributed by atoms with Crippen LogP contribution >= 0.6 is 0 Å². The van der Waals surface area contributed by atoms with Crippen molar-refractivity contribution in [2.45, 2.75) is 20.3 Å². The summed E-state index contributed by atoms with van der Waals surface area (Å²) in [4.78, 5) is 9.41. The van der Waals surface area contributed by atoms with Crippen molar-refractivity contribution in [2.24, 2.45) is 5.92 Å². The van der Waals surface area contributed by atoms with Crippen LogP contribution in [0.15, 0.2) is 0 Å². The van der Waals surface area contributed by atoms with Crippen LogP contribution in [0.2, 0.25) is 0 Å². The van der Waals surface area contributed by atoms with Crippen molar-refractivity contribution in [1.82, 2.24) is 0 Å². The molecule has 1 unspecified atom stereocenters. The van der Waals surface area contributed by atoms with Crippen molar-refractivity contribution in [3.05, 3.63) is 0 Å². The Bertz CT molecular complexity index is 93.6. The van der Waals surface area contributed by atoms with Gasteiger partial charge in [-0.1, -0.05) is 6.92 Å². The first-order chi connectivity index (χ1) is 6.35. The highest BCUT2D eigenvalue weighted by molar-refractivity contribution is 4.51. The Morgan fingerprint density at radius 1 is 1.15 bits per heavy atom. The lowest BCUT2D eigenvalue weighted by Crippen LogP contribution is -2.15. The van der Waals surface area contributed by atoms with Gasteiger partial charge in [-0.05, 0) is 13.3 Å². The molecule has 13 heavy (non-hydrogen) atoms. The molecule has 4 nitrogen and oxygen atoms in total. The number of aliphatic hydroxyl groups is 1. The molecular formula is C9H20O4. The van der Waals surface area contributed by atoms with Gasteiger partial charge >= 0.3 is 0 Å². The number of hydrogen-bond donors (Lipinski definition) is 1. The van der Waals surface area contributed by atoms with Gasteiger partial charge in [0.1, 0.15) is 6.61 Å². The lowest BCUT2D eigenvalue weighted by Gasteiger charge is -2.11. The van der Waals surface area contributed by atoms with Gasteiger partial charge in [0.05, 0.1) is 19.8 Å². The quantitative estimate of drug-likeness (QED) is 0.336. The van der Waals surface area contributed by atoms with Crippen LogP contribution in [0.25, 0.3) is 0 Å². The molecule has 0 radical (unpaired) electrons. The van der Waals surface area contributed by atoms with E-state index >= 15 is 0 Å². The minimum Gasteiger partial charge on any atom is -0.396 e. The summed E-state index contributed by atoms with van der Waals surface area (Å²) < 4.78 is 5.26. The van der Waals surface area contributed by atoms with E-state index in [1.807, 2.05) is 13.8 Å². The van der Waals surface area contributed by atoms with E-state index < -0.39 is 0 Å². The third-order valence-electron chi connectivity index (χ3n) is 1.70. The van der Waals surface area contributed by atoms with Crippen LogP contribution in [0.4, 0.5) is 0 Å². The first kappa shape index (κ1) is 12.8. The molecule has 0 amide bonds. The SMILES string of the molecule is CCOOCCOCC(CC)CO. The van der Waals surface area contributed by atoms with Gasteiger partial charge in [0, 0.05) is 12.5 Å². The third kappa shape index (κ3) is 8.18. The summed E-state index contributed by atoms with van der Waals surface area (Å²) in [6, 6.07) is 0. The highest BCUT2D eigenvalue weighted by Gasteiger charge is 2.03. The van der Waals surface area contributed by atoms with Crippen LogP contribution < -0.4 is 0 Å². The highest BCUT2D eigenvalue weighted by Crippen LogP contribution is 2.00. The van der Waals surface area contributed by atoms with Crippen LogP contribution in [0.5, 0.6) is 0 Å². The maximum Gasteiger partial charge on any atom is 0.106 e. The first-order valence-electron chi connectivity index (χ1n) is 4.78. The van der Waals surface area contributed by atoms with E-state index in [1.54, 1.807) is 0 Å². The van der Waals surface area contributed by atoms with Gasteiger partial charge in [-0.25, -0.2) is 9.78 Å². The number of hydrogen-bond acceptors (Lipinski definition) is 4. The van der Waals surface area contributed by atoms with E-state index in [4.69, 9.17) is 14.7 Å². The predicted octanol–water partition coefficient (Wildman–Crippen LogP) is 0.990. The average molecular weight is 192 g/mol. The average Bonchev–Trinajstić information content (AvgIpc) is 2.17. The smallest absolute Gasteiger partial charge is 0.106 e. The van der Waals surface area contributed by atoms with Crippen LogP contribution in [0.3, 0.4) is 0 Å². The lowest BCUT2D eigenvalue weighted by atomic mass is 10.1. The zero-order chi connectivity index (χ0) is 9.94. The van der Waals surface area contributed by atoms with Crippen LogP contribution in [-0.4, -0.2) is 38.1 Å². The van der Waals surface area contributed by atoms with Crippen molar-refractivity contribution in [1.29, 1.82) is 0 Å². The summed E-state index contributed by atoms with van der Waals surface area (Å²) in [5.41, 5.74) is 0. The molecule has 0 bridgehead atoms. The fourth-order valence-corrected chi connectivity index (χ4v) is 0.785. The van der Waals surface area contributed by atoms with Crippen LogP contribution in [0.1, 0.15) is 20.3 Å². The van der Waals surface area contributed by atoms with Gasteiger partial charge in [0.15, 0.2) is 0 Å². The molecule has 0 aromatic carbocycles. The van der Waals surface area contributed by atoms with Crippen LogP contribution in [-0.2, 0) is 14.5 Å². The highest BCUT2D eigenvalue weighted by atomic mass is 17.2. The molecule has 0 saturated heterocycles. The zero-order valence-electron chi connectivity index (χ0n) is 8.49. The Kier molecular flexibility index (Phi) is 9.80. The van der Waals surface area contributed by atoms with Gasteiger partial charge in [-0.15, -0.1) is 0 Å². The summed E-state index contributed by atoms with van der Waals surface area (Å²) in [7, 11) is 0. The monoisotopic (exact) mass is 192 g/mol. The van der Waals surface area contributed by atoms with Gasteiger partial charge in [-0.2, -0.15) is 0 Å². The molecule has 0 heterocycles. The van der Waals surface area contributed by atoms with E-state index in [9.17, 15) is 0 Å². The Balaban J connectivity index is 3.05. The van der Waals surface area contributed by atoms with Crippen molar-refractivity contribution in [3.8, 4) is 0 Å². The van der Waals surface area contributed by atoms with Crippen LogP contribution in [0, 0.1) is 5.92 Å². The van der Waals surface area contributed by atoms with Crippen molar-refractivity contribution in [2.75, 3.05) is 33.0 Å². The molecule has 1 atom stereocenters. The molecule has 0 saturated carbocycles. The minimum absolute atomic E-state index is 0.183. The third-order valence-corrected chi connectivity index (χ3v) is 1.70. The first-order valence-corrected chi connectivity index (χ1v) is 4.78. The second-order valence-electron chi connectivity index (χ2n) is 2.76. The maximum absolute atomic E-state index is 8.83. The summed E-state index contributed by atoms with van der Waals surface area (Å²) in [5, 5.41) is 8.83. The van der Waals surface area contributed by atoms with Gasteiger partial charge in [0.2, 0.25) is 0 Å². The molecule has 0 aliphatic rings. The standard InChI is InChI=1S/C9H20O4/c1-3-9(7-10)8-11-5-6-13-12-4-2/h9-10H,3-8H2,1-2H3. The minimum atomic E-state index is 0.183. The Hall–Kier alpha value is -0.160. The molecule has 0 aliphatic heterocycles. The van der Waals surface area contributed by atoms with Gasteiger partial charge < -0.3 is 9.84 Å². The molecule has 0 aliphatic carbocycles. The molecule has 0 fully saturated rings. The second kappa shape index (κ2) is 9.92. The molecule has 4 heteroatoms. The number of rotatable bonds is 9. The molecular weight excluding hydrogens is 172 g/mol. The summed E-state index contributed by atoms with van der Waals surface area (Å²) in [5.74, 6) is 0.243. The van der Waals surface area contributed by atoms with Gasteiger partial charge in [-0.3, -0.25) is 0 Å². The van der Waals surface area contributed by atoms with E-state index in [0.29, 0.717) is 26.4 Å². The molecule has 0 aromatic heterocycles.